The van der Waals surface area contributed by atoms with Crippen LogP contribution < -0.4 is 11.1 Å². The minimum atomic E-state index is -0.494. The quantitative estimate of drug-likeness (QED) is 0.799. The summed E-state index contributed by atoms with van der Waals surface area (Å²) in [4.78, 5) is 19.7. The predicted octanol–water partition coefficient (Wildman–Crippen LogP) is 1.10. The second-order valence-corrected chi connectivity index (χ2v) is 3.92. The number of hydrogen-bond acceptors (Lipinski definition) is 4. The molecule has 1 aromatic heterocycles. The topological polar surface area (TPSA) is 80.9 Å². The van der Waals surface area contributed by atoms with Crippen LogP contribution in [-0.2, 0) is 4.79 Å². The molecule has 1 amide bonds. The Hall–Kier alpha value is -1.49. The molecule has 0 bridgehead atoms. The Morgan fingerprint density at radius 3 is 2.56 bits per heavy atom. The summed E-state index contributed by atoms with van der Waals surface area (Å²) in [5.41, 5.74) is 6.37. The standard InChI is InChI=1S/C11H18N4O/c1-4-7(2)10(12)11(16)15-9-5-13-8(3)14-6-9/h5-7,10H,4,12H2,1-3H3,(H,15,16)/t7-,10-/m0/s1. The van der Waals surface area contributed by atoms with Crippen LogP contribution in [0.4, 0.5) is 5.69 Å². The number of hydrogen-bond donors (Lipinski definition) is 2. The molecular formula is C11H18N4O. The molecule has 0 radical (unpaired) electrons. The van der Waals surface area contributed by atoms with Crippen molar-refractivity contribution in [2.75, 3.05) is 5.32 Å². The van der Waals surface area contributed by atoms with Crippen molar-refractivity contribution in [3.05, 3.63) is 18.2 Å². The molecule has 0 saturated carbocycles. The van der Waals surface area contributed by atoms with Crippen molar-refractivity contribution >= 4 is 11.6 Å². The normalized spacial score (nSPS) is 14.2. The van der Waals surface area contributed by atoms with E-state index in [1.54, 1.807) is 19.3 Å². The van der Waals surface area contributed by atoms with Crippen LogP contribution in [0, 0.1) is 12.8 Å². The van der Waals surface area contributed by atoms with E-state index >= 15 is 0 Å². The number of anilines is 1. The summed E-state index contributed by atoms with van der Waals surface area (Å²) < 4.78 is 0. The highest BCUT2D eigenvalue weighted by atomic mass is 16.2. The van der Waals surface area contributed by atoms with E-state index in [-0.39, 0.29) is 11.8 Å². The van der Waals surface area contributed by atoms with Crippen LogP contribution in [0.2, 0.25) is 0 Å². The van der Waals surface area contributed by atoms with Crippen molar-refractivity contribution in [1.82, 2.24) is 9.97 Å². The molecule has 2 atom stereocenters. The highest BCUT2D eigenvalue weighted by Gasteiger charge is 2.19. The van der Waals surface area contributed by atoms with E-state index in [2.05, 4.69) is 15.3 Å². The Bertz CT molecular complexity index is 350. The first-order valence-corrected chi connectivity index (χ1v) is 5.39. The first-order valence-electron chi connectivity index (χ1n) is 5.39. The number of carbonyl (C=O) groups excluding carboxylic acids is 1. The lowest BCUT2D eigenvalue weighted by Crippen LogP contribution is -2.40. The van der Waals surface area contributed by atoms with Crippen molar-refractivity contribution in [2.45, 2.75) is 33.2 Å². The molecular weight excluding hydrogens is 204 g/mol. The molecule has 0 saturated heterocycles. The molecule has 0 unspecified atom stereocenters. The Morgan fingerprint density at radius 1 is 1.50 bits per heavy atom. The zero-order valence-corrected chi connectivity index (χ0v) is 9.90. The van der Waals surface area contributed by atoms with Gasteiger partial charge >= 0.3 is 0 Å². The van der Waals surface area contributed by atoms with Crippen molar-refractivity contribution in [1.29, 1.82) is 0 Å². The molecule has 3 N–H and O–H groups in total. The van der Waals surface area contributed by atoms with Gasteiger partial charge in [-0.05, 0) is 12.8 Å². The van der Waals surface area contributed by atoms with Gasteiger partial charge < -0.3 is 11.1 Å². The highest BCUT2D eigenvalue weighted by Crippen LogP contribution is 2.09. The van der Waals surface area contributed by atoms with E-state index in [9.17, 15) is 4.79 Å². The van der Waals surface area contributed by atoms with Gasteiger partial charge in [-0.3, -0.25) is 4.79 Å². The summed E-state index contributed by atoms with van der Waals surface area (Å²) >= 11 is 0. The summed E-state index contributed by atoms with van der Waals surface area (Å²) in [5, 5.41) is 2.70. The van der Waals surface area contributed by atoms with E-state index in [0.717, 1.165) is 6.42 Å². The third-order valence-corrected chi connectivity index (χ3v) is 2.61. The predicted molar refractivity (Wildman–Crippen MR) is 62.8 cm³/mol. The summed E-state index contributed by atoms with van der Waals surface area (Å²) in [6, 6.07) is -0.494. The van der Waals surface area contributed by atoms with Gasteiger partial charge in [0.1, 0.15) is 5.82 Å². The summed E-state index contributed by atoms with van der Waals surface area (Å²) in [5.74, 6) is 0.636. The fourth-order valence-electron chi connectivity index (χ4n) is 1.20. The highest BCUT2D eigenvalue weighted by molar-refractivity contribution is 5.94. The molecule has 5 heteroatoms. The van der Waals surface area contributed by atoms with Gasteiger partial charge in [0.05, 0.1) is 24.1 Å². The molecule has 0 aliphatic heterocycles. The Kier molecular flexibility index (Phi) is 4.37. The summed E-state index contributed by atoms with van der Waals surface area (Å²) in [6.07, 6.45) is 4.02. The summed E-state index contributed by atoms with van der Waals surface area (Å²) in [7, 11) is 0. The molecule has 1 heterocycles. The van der Waals surface area contributed by atoms with Crippen molar-refractivity contribution in [3.8, 4) is 0 Å². The lowest BCUT2D eigenvalue weighted by molar-refractivity contribution is -0.118. The number of nitrogens with zero attached hydrogens (tertiary/aromatic N) is 2. The Morgan fingerprint density at radius 2 is 2.06 bits per heavy atom. The second-order valence-electron chi connectivity index (χ2n) is 3.92. The number of carbonyl (C=O) groups is 1. The fraction of sp³-hybridized carbons (Fsp3) is 0.545. The third-order valence-electron chi connectivity index (χ3n) is 2.61. The van der Waals surface area contributed by atoms with Crippen LogP contribution in [0.25, 0.3) is 0 Å². The van der Waals surface area contributed by atoms with Crippen molar-refractivity contribution in [3.63, 3.8) is 0 Å². The van der Waals surface area contributed by atoms with Crippen LogP contribution in [0.5, 0.6) is 0 Å². The first-order chi connectivity index (χ1) is 7.54. The first kappa shape index (κ1) is 12.6. The van der Waals surface area contributed by atoms with E-state index < -0.39 is 6.04 Å². The van der Waals surface area contributed by atoms with Crippen LogP contribution in [-0.4, -0.2) is 21.9 Å². The van der Waals surface area contributed by atoms with E-state index in [0.29, 0.717) is 11.5 Å². The Labute approximate surface area is 95.5 Å². The van der Waals surface area contributed by atoms with Crippen LogP contribution in [0.3, 0.4) is 0 Å². The van der Waals surface area contributed by atoms with Gasteiger partial charge in [0.25, 0.3) is 0 Å². The van der Waals surface area contributed by atoms with Gasteiger partial charge in [0.15, 0.2) is 0 Å². The average molecular weight is 222 g/mol. The van der Waals surface area contributed by atoms with Crippen LogP contribution >= 0.6 is 0 Å². The number of rotatable bonds is 4. The maximum Gasteiger partial charge on any atom is 0.241 e. The Balaban J connectivity index is 2.60. The van der Waals surface area contributed by atoms with Crippen LogP contribution in [0.15, 0.2) is 12.4 Å². The van der Waals surface area contributed by atoms with Crippen molar-refractivity contribution < 1.29 is 4.79 Å². The second kappa shape index (κ2) is 5.55. The number of nitrogens with two attached hydrogens (primary N) is 1. The third kappa shape index (κ3) is 3.27. The largest absolute Gasteiger partial charge is 0.322 e. The van der Waals surface area contributed by atoms with Gasteiger partial charge in [-0.1, -0.05) is 20.3 Å². The maximum atomic E-state index is 11.7. The number of amides is 1. The van der Waals surface area contributed by atoms with Gasteiger partial charge in [-0.15, -0.1) is 0 Å². The smallest absolute Gasteiger partial charge is 0.241 e. The lowest BCUT2D eigenvalue weighted by atomic mass is 9.99. The molecule has 0 aliphatic rings. The number of nitrogens with one attached hydrogen (secondary N) is 1. The van der Waals surface area contributed by atoms with E-state index in [1.807, 2.05) is 13.8 Å². The zero-order chi connectivity index (χ0) is 12.1. The number of aromatic nitrogens is 2. The zero-order valence-electron chi connectivity index (χ0n) is 9.90. The monoisotopic (exact) mass is 222 g/mol. The van der Waals surface area contributed by atoms with Gasteiger partial charge in [-0.2, -0.15) is 0 Å². The molecule has 16 heavy (non-hydrogen) atoms. The molecule has 1 rings (SSSR count). The average Bonchev–Trinajstić information content (AvgIpc) is 2.30. The molecule has 0 spiro atoms. The minimum Gasteiger partial charge on any atom is -0.322 e. The molecule has 5 nitrogen and oxygen atoms in total. The summed E-state index contributed by atoms with van der Waals surface area (Å²) in [6.45, 7) is 5.75. The SMILES string of the molecule is CC[C@H](C)[C@H](N)C(=O)Nc1cnc(C)nc1. The molecule has 0 aliphatic carbocycles. The lowest BCUT2D eigenvalue weighted by Gasteiger charge is -2.17. The fourth-order valence-corrected chi connectivity index (χ4v) is 1.20. The molecule has 88 valence electrons. The van der Waals surface area contributed by atoms with Crippen LogP contribution in [0.1, 0.15) is 26.1 Å². The van der Waals surface area contributed by atoms with Crippen molar-refractivity contribution in [2.24, 2.45) is 11.7 Å². The minimum absolute atomic E-state index is 0.159. The van der Waals surface area contributed by atoms with Gasteiger partial charge in [0.2, 0.25) is 5.91 Å². The molecule has 1 aromatic rings. The molecule has 0 aromatic carbocycles. The van der Waals surface area contributed by atoms with Gasteiger partial charge in [-0.25, -0.2) is 9.97 Å². The van der Waals surface area contributed by atoms with E-state index in [4.69, 9.17) is 5.73 Å². The maximum absolute atomic E-state index is 11.7. The van der Waals surface area contributed by atoms with E-state index in [1.165, 1.54) is 0 Å². The number of aryl methyl sites for hydroxylation is 1. The molecule has 0 fully saturated rings. The van der Waals surface area contributed by atoms with Gasteiger partial charge in [0, 0.05) is 0 Å².